The highest BCUT2D eigenvalue weighted by Crippen LogP contribution is 2.61. The van der Waals surface area contributed by atoms with E-state index < -0.39 is 34.7 Å². The number of alkyl halides is 6. The Morgan fingerprint density at radius 2 is 1.53 bits per heavy atom. The fourth-order valence-corrected chi connectivity index (χ4v) is 1.56. The van der Waals surface area contributed by atoms with E-state index in [4.69, 9.17) is 0 Å². The van der Waals surface area contributed by atoms with E-state index in [1.807, 2.05) is 5.73 Å². The smallest absolute Gasteiger partial charge is 0.204 e. The first-order valence-corrected chi connectivity index (χ1v) is 4.32. The standard InChI is InChI=1S/C10H3F7/c11-7-6(5-3-1-2-4-5)8(12,13)10(16,17)9(7,14)15/h1-3H. The molecular formula is C10H3F7. The summed E-state index contributed by atoms with van der Waals surface area (Å²) in [6, 6.07) is 0. The van der Waals surface area contributed by atoms with Crippen molar-refractivity contribution in [2.45, 2.75) is 17.8 Å². The molecule has 0 aromatic carbocycles. The van der Waals surface area contributed by atoms with Crippen LogP contribution in [0.5, 0.6) is 0 Å². The third-order valence-electron chi connectivity index (χ3n) is 2.47. The molecule has 0 unspecified atom stereocenters. The summed E-state index contributed by atoms with van der Waals surface area (Å²) in [5, 5.41) is 0. The average Bonchev–Trinajstić information content (AvgIpc) is 2.72. The maximum absolute atomic E-state index is 13.1. The lowest BCUT2D eigenvalue weighted by Gasteiger charge is -2.24. The zero-order chi connectivity index (χ0) is 13.1. The van der Waals surface area contributed by atoms with Crippen molar-refractivity contribution in [1.82, 2.24) is 0 Å². The van der Waals surface area contributed by atoms with Crippen LogP contribution in [0, 0.1) is 0 Å². The molecule has 0 radical (unpaired) electrons. The zero-order valence-electron chi connectivity index (χ0n) is 7.88. The Kier molecular flexibility index (Phi) is 2.14. The quantitative estimate of drug-likeness (QED) is 0.494. The molecule has 0 bridgehead atoms. The van der Waals surface area contributed by atoms with Crippen LogP contribution < -0.4 is 0 Å². The molecule has 17 heavy (non-hydrogen) atoms. The maximum Gasteiger partial charge on any atom is 0.383 e. The van der Waals surface area contributed by atoms with Crippen LogP contribution in [-0.2, 0) is 0 Å². The molecule has 7 heteroatoms. The first-order chi connectivity index (χ1) is 7.64. The predicted molar refractivity (Wildman–Crippen MR) is 43.7 cm³/mol. The molecule has 0 atom stereocenters. The normalized spacial score (nSPS) is 27.8. The Bertz CT molecular complexity index is 501. The van der Waals surface area contributed by atoms with Crippen LogP contribution in [0.4, 0.5) is 30.7 Å². The van der Waals surface area contributed by atoms with Crippen molar-refractivity contribution in [3.05, 3.63) is 40.9 Å². The van der Waals surface area contributed by atoms with E-state index in [0.717, 1.165) is 18.2 Å². The molecule has 0 N–H and O–H groups in total. The summed E-state index contributed by atoms with van der Waals surface area (Å²) in [6.07, 6.45) is 2.93. The average molecular weight is 256 g/mol. The van der Waals surface area contributed by atoms with Crippen molar-refractivity contribution in [2.24, 2.45) is 0 Å². The topological polar surface area (TPSA) is 0 Å². The van der Waals surface area contributed by atoms with Gasteiger partial charge in [-0.15, -0.1) is 5.73 Å². The molecule has 0 fully saturated rings. The van der Waals surface area contributed by atoms with Gasteiger partial charge in [0.2, 0.25) is 0 Å². The minimum absolute atomic E-state index is 0.802. The SMILES string of the molecule is FC1=C(C2=C=CC=C2)C(F)(F)C(F)(F)C1(F)F. The maximum atomic E-state index is 13.1. The third-order valence-corrected chi connectivity index (χ3v) is 2.47. The van der Waals surface area contributed by atoms with Crippen molar-refractivity contribution < 1.29 is 30.7 Å². The van der Waals surface area contributed by atoms with E-state index in [0.29, 0.717) is 0 Å². The van der Waals surface area contributed by atoms with Gasteiger partial charge in [0.15, 0.2) is 5.83 Å². The summed E-state index contributed by atoms with van der Waals surface area (Å²) in [6.45, 7) is 0. The van der Waals surface area contributed by atoms with Gasteiger partial charge in [0.05, 0.1) is 5.57 Å². The van der Waals surface area contributed by atoms with Crippen LogP contribution in [0.3, 0.4) is 0 Å². The first-order valence-electron chi connectivity index (χ1n) is 4.32. The summed E-state index contributed by atoms with van der Waals surface area (Å²) in [4.78, 5) is 0. The van der Waals surface area contributed by atoms with Crippen molar-refractivity contribution in [3.63, 3.8) is 0 Å². The lowest BCUT2D eigenvalue weighted by atomic mass is 10.0. The van der Waals surface area contributed by atoms with Crippen molar-refractivity contribution in [1.29, 1.82) is 0 Å². The number of hydrogen-bond acceptors (Lipinski definition) is 0. The summed E-state index contributed by atoms with van der Waals surface area (Å²) < 4.78 is 90.5. The Labute approximate surface area is 90.4 Å². The summed E-state index contributed by atoms with van der Waals surface area (Å²) >= 11 is 0. The summed E-state index contributed by atoms with van der Waals surface area (Å²) in [5.74, 6) is -19.4. The molecule has 0 aromatic heterocycles. The van der Waals surface area contributed by atoms with E-state index in [1.54, 1.807) is 0 Å². The van der Waals surface area contributed by atoms with Gasteiger partial charge in [-0.2, -0.15) is 26.3 Å². The van der Waals surface area contributed by atoms with E-state index in [2.05, 4.69) is 0 Å². The highest BCUT2D eigenvalue weighted by Gasteiger charge is 2.81. The number of rotatable bonds is 1. The lowest BCUT2D eigenvalue weighted by molar-refractivity contribution is -0.267. The fourth-order valence-electron chi connectivity index (χ4n) is 1.56. The molecule has 0 amide bonds. The summed E-state index contributed by atoms with van der Waals surface area (Å²) in [5.41, 5.74) is -0.808. The first kappa shape index (κ1) is 12.0. The second-order valence-electron chi connectivity index (χ2n) is 3.50. The Balaban J connectivity index is 2.70. The van der Waals surface area contributed by atoms with Crippen molar-refractivity contribution >= 4 is 0 Å². The van der Waals surface area contributed by atoms with Crippen LogP contribution in [0.1, 0.15) is 0 Å². The van der Waals surface area contributed by atoms with Crippen LogP contribution in [-0.4, -0.2) is 17.8 Å². The van der Waals surface area contributed by atoms with Crippen LogP contribution in [0.2, 0.25) is 0 Å². The third kappa shape index (κ3) is 1.20. The molecule has 0 saturated carbocycles. The second kappa shape index (κ2) is 3.04. The molecule has 0 aromatic rings. The van der Waals surface area contributed by atoms with Gasteiger partial charge >= 0.3 is 17.8 Å². The van der Waals surface area contributed by atoms with E-state index >= 15 is 0 Å². The van der Waals surface area contributed by atoms with E-state index in [9.17, 15) is 30.7 Å². The molecule has 0 aliphatic heterocycles. The Morgan fingerprint density at radius 3 is 1.88 bits per heavy atom. The molecule has 2 aliphatic carbocycles. The number of hydrogen-bond donors (Lipinski definition) is 0. The van der Waals surface area contributed by atoms with Gasteiger partial charge in [-0.3, -0.25) is 0 Å². The fraction of sp³-hybridized carbons (Fsp3) is 0.300. The van der Waals surface area contributed by atoms with Gasteiger partial charge in [-0.1, -0.05) is 6.08 Å². The molecule has 2 rings (SSSR count). The number of allylic oxidation sites excluding steroid dienone is 5. The number of halogens is 7. The van der Waals surface area contributed by atoms with E-state index in [-0.39, 0.29) is 0 Å². The molecular weight excluding hydrogens is 253 g/mol. The van der Waals surface area contributed by atoms with Crippen LogP contribution in [0.25, 0.3) is 0 Å². The molecule has 0 saturated heterocycles. The molecule has 92 valence electrons. The second-order valence-corrected chi connectivity index (χ2v) is 3.50. The van der Waals surface area contributed by atoms with E-state index in [1.165, 1.54) is 0 Å². The predicted octanol–water partition coefficient (Wildman–Crippen LogP) is 3.78. The Morgan fingerprint density at radius 1 is 0.941 bits per heavy atom. The van der Waals surface area contributed by atoms with Gasteiger partial charge < -0.3 is 0 Å². The van der Waals surface area contributed by atoms with Gasteiger partial charge in [0.1, 0.15) is 0 Å². The zero-order valence-corrected chi connectivity index (χ0v) is 7.88. The molecule has 2 aliphatic rings. The van der Waals surface area contributed by atoms with Crippen LogP contribution >= 0.6 is 0 Å². The lowest BCUT2D eigenvalue weighted by Crippen LogP contribution is -2.49. The Hall–Kier alpha value is -1.49. The summed E-state index contributed by atoms with van der Waals surface area (Å²) in [7, 11) is 0. The van der Waals surface area contributed by atoms with Gasteiger partial charge in [0.25, 0.3) is 0 Å². The minimum Gasteiger partial charge on any atom is -0.204 e. The van der Waals surface area contributed by atoms with Crippen molar-refractivity contribution in [3.8, 4) is 0 Å². The minimum atomic E-state index is -5.79. The highest BCUT2D eigenvalue weighted by atomic mass is 19.3. The van der Waals surface area contributed by atoms with Gasteiger partial charge in [-0.25, -0.2) is 4.39 Å². The highest BCUT2D eigenvalue weighted by molar-refractivity contribution is 5.55. The van der Waals surface area contributed by atoms with Crippen molar-refractivity contribution in [2.75, 3.05) is 0 Å². The van der Waals surface area contributed by atoms with Gasteiger partial charge in [-0.05, 0) is 12.2 Å². The molecule has 0 nitrogen and oxygen atoms in total. The molecule has 0 heterocycles. The molecule has 0 spiro atoms. The van der Waals surface area contributed by atoms with Crippen LogP contribution in [0.15, 0.2) is 40.9 Å². The monoisotopic (exact) mass is 256 g/mol. The largest absolute Gasteiger partial charge is 0.383 e. The van der Waals surface area contributed by atoms with Gasteiger partial charge in [0, 0.05) is 5.57 Å².